The monoisotopic (exact) mass is 426 g/mol. The van der Waals surface area contributed by atoms with E-state index in [2.05, 4.69) is 4.98 Å². The highest BCUT2D eigenvalue weighted by Gasteiger charge is 2.50. The molecule has 7 heteroatoms. The third-order valence-electron chi connectivity index (χ3n) is 4.98. The zero-order chi connectivity index (χ0) is 20.6. The predicted molar refractivity (Wildman–Crippen MR) is 111 cm³/mol. The lowest BCUT2D eigenvalue weighted by molar-refractivity contribution is -0.136. The van der Waals surface area contributed by atoms with Gasteiger partial charge in [-0.2, -0.15) is 0 Å². The molecule has 1 unspecified atom stereocenters. The minimum absolute atomic E-state index is 0.148. The molecule has 1 N–H and O–H groups in total. The molecule has 0 saturated carbocycles. The number of nitrogens with zero attached hydrogens (tertiary/aromatic N) is 2. The molecule has 0 radical (unpaired) electrons. The van der Waals surface area contributed by atoms with E-state index < -0.39 is 11.5 Å². The van der Waals surface area contributed by atoms with Gasteiger partial charge < -0.3 is 10.0 Å². The lowest BCUT2D eigenvalue weighted by Crippen LogP contribution is -2.41. The molecule has 1 amide bonds. The first-order chi connectivity index (χ1) is 13.9. The Labute approximate surface area is 177 Å². The number of carbonyl (C=O) groups is 2. The van der Waals surface area contributed by atoms with Crippen molar-refractivity contribution < 1.29 is 14.7 Å². The summed E-state index contributed by atoms with van der Waals surface area (Å²) >= 11 is 12.2. The first-order valence-corrected chi connectivity index (χ1v) is 9.67. The standard InChI is InChI=1S/C22H16Cl2N2O3/c23-16-8-7-15(18(24)10-16)13-26-19-6-2-1-5-17(19)22(29,21(26)28)11-20(27)14-4-3-9-25-12-14/h1-10,12,29H,11,13H2. The van der Waals surface area contributed by atoms with Gasteiger partial charge in [0.15, 0.2) is 11.4 Å². The number of Topliss-reactive ketones (excluding diaryl/α,β-unsaturated/α-hetero) is 1. The maximum Gasteiger partial charge on any atom is 0.264 e. The van der Waals surface area contributed by atoms with Crippen molar-refractivity contribution in [3.63, 3.8) is 0 Å². The van der Waals surface area contributed by atoms with Crippen LogP contribution in [0.2, 0.25) is 10.0 Å². The van der Waals surface area contributed by atoms with Crippen molar-refractivity contribution in [1.29, 1.82) is 0 Å². The Bertz CT molecular complexity index is 1100. The predicted octanol–water partition coefficient (Wildman–Crippen LogP) is 4.40. The highest BCUT2D eigenvalue weighted by molar-refractivity contribution is 6.35. The van der Waals surface area contributed by atoms with Gasteiger partial charge in [0.1, 0.15) is 0 Å². The van der Waals surface area contributed by atoms with Crippen molar-refractivity contribution in [2.45, 2.75) is 18.6 Å². The summed E-state index contributed by atoms with van der Waals surface area (Å²) in [6.07, 6.45) is 2.60. The number of carbonyl (C=O) groups excluding carboxylic acids is 2. The Kier molecular flexibility index (Phi) is 5.13. The van der Waals surface area contributed by atoms with Gasteiger partial charge in [-0.1, -0.05) is 47.5 Å². The zero-order valence-electron chi connectivity index (χ0n) is 15.2. The molecule has 2 heterocycles. The summed E-state index contributed by atoms with van der Waals surface area (Å²) in [6, 6.07) is 15.2. The van der Waals surface area contributed by atoms with Gasteiger partial charge in [0, 0.05) is 33.6 Å². The van der Waals surface area contributed by atoms with Crippen LogP contribution in [0.1, 0.15) is 27.9 Å². The Morgan fingerprint density at radius 1 is 1.10 bits per heavy atom. The summed E-state index contributed by atoms with van der Waals surface area (Å²) in [5.41, 5.74) is 0.00683. The lowest BCUT2D eigenvalue weighted by atomic mass is 9.88. The smallest absolute Gasteiger partial charge is 0.264 e. The Hall–Kier alpha value is -2.73. The Morgan fingerprint density at radius 2 is 1.90 bits per heavy atom. The van der Waals surface area contributed by atoms with Crippen LogP contribution in [0, 0.1) is 0 Å². The molecule has 0 fully saturated rings. The second-order valence-electron chi connectivity index (χ2n) is 6.85. The van der Waals surface area contributed by atoms with Crippen LogP contribution in [0.5, 0.6) is 0 Å². The van der Waals surface area contributed by atoms with Crippen molar-refractivity contribution in [3.05, 3.63) is 93.7 Å². The molecule has 5 nitrogen and oxygen atoms in total. The maximum absolute atomic E-state index is 13.3. The number of benzene rings is 2. The molecule has 2 aromatic carbocycles. The van der Waals surface area contributed by atoms with Crippen LogP contribution in [0.3, 0.4) is 0 Å². The van der Waals surface area contributed by atoms with E-state index in [4.69, 9.17) is 23.2 Å². The van der Waals surface area contributed by atoms with Gasteiger partial charge in [0.2, 0.25) is 0 Å². The number of aliphatic hydroxyl groups is 1. The van der Waals surface area contributed by atoms with Crippen molar-refractivity contribution >= 4 is 40.6 Å². The first-order valence-electron chi connectivity index (χ1n) is 8.91. The van der Waals surface area contributed by atoms with Gasteiger partial charge in [0.25, 0.3) is 5.91 Å². The van der Waals surface area contributed by atoms with Crippen LogP contribution in [0.25, 0.3) is 0 Å². The van der Waals surface area contributed by atoms with Crippen LogP contribution in [-0.2, 0) is 16.9 Å². The van der Waals surface area contributed by atoms with E-state index in [0.29, 0.717) is 32.4 Å². The first kappa shape index (κ1) is 19.6. The van der Waals surface area contributed by atoms with Gasteiger partial charge in [-0.3, -0.25) is 14.6 Å². The molecular formula is C22H16Cl2N2O3. The number of hydrogen-bond donors (Lipinski definition) is 1. The normalized spacial score (nSPS) is 18.0. The molecule has 29 heavy (non-hydrogen) atoms. The fraction of sp³-hybridized carbons (Fsp3) is 0.136. The second-order valence-corrected chi connectivity index (χ2v) is 7.69. The third kappa shape index (κ3) is 3.53. The zero-order valence-corrected chi connectivity index (χ0v) is 16.7. The molecule has 1 atom stereocenters. The summed E-state index contributed by atoms with van der Waals surface area (Å²) < 4.78 is 0. The summed E-state index contributed by atoms with van der Waals surface area (Å²) in [7, 11) is 0. The number of hydrogen-bond acceptors (Lipinski definition) is 4. The minimum Gasteiger partial charge on any atom is -0.375 e. The average Bonchev–Trinajstić information content (AvgIpc) is 2.92. The van der Waals surface area contributed by atoms with Crippen molar-refractivity contribution in [1.82, 2.24) is 4.98 Å². The molecule has 1 aliphatic heterocycles. The van der Waals surface area contributed by atoms with Crippen LogP contribution >= 0.6 is 23.2 Å². The molecule has 0 spiro atoms. The van der Waals surface area contributed by atoms with E-state index in [9.17, 15) is 14.7 Å². The van der Waals surface area contributed by atoms with Gasteiger partial charge in [-0.05, 0) is 35.9 Å². The number of aromatic nitrogens is 1. The van der Waals surface area contributed by atoms with Gasteiger partial charge in [-0.25, -0.2) is 0 Å². The molecular weight excluding hydrogens is 411 g/mol. The summed E-state index contributed by atoms with van der Waals surface area (Å²) in [6.45, 7) is 0.148. The third-order valence-corrected chi connectivity index (χ3v) is 5.57. The lowest BCUT2D eigenvalue weighted by Gasteiger charge is -2.23. The molecule has 4 rings (SSSR count). The van der Waals surface area contributed by atoms with Gasteiger partial charge in [-0.15, -0.1) is 0 Å². The molecule has 1 aromatic heterocycles. The van der Waals surface area contributed by atoms with E-state index in [1.165, 1.54) is 11.1 Å². The number of pyridine rings is 1. The SMILES string of the molecule is O=C(CC1(O)C(=O)N(Cc2ccc(Cl)cc2Cl)c2ccccc21)c1cccnc1. The van der Waals surface area contributed by atoms with Crippen LogP contribution in [0.15, 0.2) is 67.0 Å². The van der Waals surface area contributed by atoms with Crippen molar-refractivity contribution in [3.8, 4) is 0 Å². The number of halogens is 2. The molecule has 1 aliphatic rings. The minimum atomic E-state index is -1.96. The number of amides is 1. The van der Waals surface area contributed by atoms with Crippen molar-refractivity contribution in [2.24, 2.45) is 0 Å². The largest absolute Gasteiger partial charge is 0.375 e. The van der Waals surface area contributed by atoms with Crippen molar-refractivity contribution in [2.75, 3.05) is 4.90 Å². The summed E-state index contributed by atoms with van der Waals surface area (Å²) in [5.74, 6) is -0.933. The van der Waals surface area contributed by atoms with Gasteiger partial charge >= 0.3 is 0 Å². The molecule has 0 bridgehead atoms. The number of ketones is 1. The fourth-order valence-corrected chi connectivity index (χ4v) is 3.99. The summed E-state index contributed by atoms with van der Waals surface area (Å²) in [4.78, 5) is 31.4. The second kappa shape index (κ2) is 7.59. The number of anilines is 1. The Morgan fingerprint density at radius 3 is 2.62 bits per heavy atom. The topological polar surface area (TPSA) is 70.5 Å². The number of fused-ring (bicyclic) bond motifs is 1. The van der Waals surface area contributed by atoms with E-state index in [1.807, 2.05) is 0 Å². The highest BCUT2D eigenvalue weighted by Crippen LogP contribution is 2.43. The quantitative estimate of drug-likeness (QED) is 0.613. The van der Waals surface area contributed by atoms with Crippen LogP contribution < -0.4 is 4.90 Å². The molecule has 0 saturated heterocycles. The Balaban J connectivity index is 1.69. The molecule has 0 aliphatic carbocycles. The molecule has 3 aromatic rings. The fourth-order valence-electron chi connectivity index (χ4n) is 3.52. The van der Waals surface area contributed by atoms with E-state index in [1.54, 1.807) is 60.8 Å². The van der Waals surface area contributed by atoms with E-state index in [0.717, 1.165) is 0 Å². The number of rotatable bonds is 5. The van der Waals surface area contributed by atoms with E-state index >= 15 is 0 Å². The number of para-hydroxylation sites is 1. The van der Waals surface area contributed by atoms with Crippen LogP contribution in [-0.4, -0.2) is 21.8 Å². The molecule has 146 valence electrons. The average molecular weight is 427 g/mol. The maximum atomic E-state index is 13.3. The highest BCUT2D eigenvalue weighted by atomic mass is 35.5. The summed E-state index contributed by atoms with van der Waals surface area (Å²) in [5, 5.41) is 12.2. The van der Waals surface area contributed by atoms with E-state index in [-0.39, 0.29) is 18.7 Å². The van der Waals surface area contributed by atoms with Gasteiger partial charge in [0.05, 0.1) is 18.7 Å². The van der Waals surface area contributed by atoms with Crippen LogP contribution in [0.4, 0.5) is 5.69 Å².